The molecule has 0 saturated heterocycles. The summed E-state index contributed by atoms with van der Waals surface area (Å²) in [4.78, 5) is 23.2. The van der Waals surface area contributed by atoms with Crippen LogP contribution in [0.2, 0.25) is 0 Å². The third-order valence-corrected chi connectivity index (χ3v) is 3.13. The molecule has 5 nitrogen and oxygen atoms in total. The van der Waals surface area contributed by atoms with Crippen LogP contribution in [0.15, 0.2) is 60.7 Å². The highest BCUT2D eigenvalue weighted by molar-refractivity contribution is 5.85. The Morgan fingerprint density at radius 1 is 0.957 bits per heavy atom. The molecular formula is C17H19ClN2O3. The molecule has 0 aliphatic heterocycles. The monoisotopic (exact) mass is 334 g/mol. The van der Waals surface area contributed by atoms with Gasteiger partial charge < -0.3 is 15.8 Å². The van der Waals surface area contributed by atoms with Crippen molar-refractivity contribution in [3.8, 4) is 0 Å². The highest BCUT2D eigenvalue weighted by atomic mass is 35.5. The van der Waals surface area contributed by atoms with Crippen LogP contribution in [0.1, 0.15) is 11.1 Å². The Balaban J connectivity index is 0.00000264. The largest absolute Gasteiger partial charge is 0.445 e. The van der Waals surface area contributed by atoms with E-state index < -0.39 is 18.0 Å². The second-order valence-corrected chi connectivity index (χ2v) is 4.85. The summed E-state index contributed by atoms with van der Waals surface area (Å²) in [6, 6.07) is 17.8. The number of primary amides is 1. The Labute approximate surface area is 141 Å². The van der Waals surface area contributed by atoms with Crippen molar-refractivity contribution in [2.45, 2.75) is 19.1 Å². The molecule has 2 aromatic carbocycles. The number of alkyl carbamates (subject to hydrolysis) is 1. The molecule has 122 valence electrons. The first-order chi connectivity index (χ1) is 10.6. The SMILES string of the molecule is Cl.NC(=O)[C@@H](Cc1ccccc1)NC(=O)OCc1ccccc1. The van der Waals surface area contributed by atoms with Gasteiger partial charge in [-0.15, -0.1) is 12.4 Å². The van der Waals surface area contributed by atoms with E-state index in [9.17, 15) is 9.59 Å². The molecule has 0 unspecified atom stereocenters. The number of carbonyl (C=O) groups is 2. The lowest BCUT2D eigenvalue weighted by Gasteiger charge is -2.15. The van der Waals surface area contributed by atoms with E-state index in [-0.39, 0.29) is 19.0 Å². The van der Waals surface area contributed by atoms with E-state index in [1.165, 1.54) is 0 Å². The second-order valence-electron chi connectivity index (χ2n) is 4.85. The van der Waals surface area contributed by atoms with Gasteiger partial charge >= 0.3 is 6.09 Å². The van der Waals surface area contributed by atoms with E-state index in [0.29, 0.717) is 6.42 Å². The van der Waals surface area contributed by atoms with Crippen LogP contribution in [-0.4, -0.2) is 18.0 Å². The number of hydrogen-bond acceptors (Lipinski definition) is 3. The average molecular weight is 335 g/mol. The molecule has 0 radical (unpaired) electrons. The topological polar surface area (TPSA) is 81.4 Å². The predicted octanol–water partition coefficient (Wildman–Crippen LogP) is 2.43. The molecule has 2 aromatic rings. The Bertz CT molecular complexity index is 620. The Morgan fingerprint density at radius 3 is 2.00 bits per heavy atom. The van der Waals surface area contributed by atoms with Gasteiger partial charge in [-0.1, -0.05) is 60.7 Å². The van der Waals surface area contributed by atoms with Crippen molar-refractivity contribution in [1.29, 1.82) is 0 Å². The van der Waals surface area contributed by atoms with Gasteiger partial charge in [0.25, 0.3) is 0 Å². The lowest BCUT2D eigenvalue weighted by atomic mass is 10.1. The molecule has 3 N–H and O–H groups in total. The third-order valence-electron chi connectivity index (χ3n) is 3.13. The van der Waals surface area contributed by atoms with E-state index >= 15 is 0 Å². The van der Waals surface area contributed by atoms with E-state index in [1.54, 1.807) is 0 Å². The van der Waals surface area contributed by atoms with Gasteiger partial charge in [0, 0.05) is 6.42 Å². The lowest BCUT2D eigenvalue weighted by molar-refractivity contribution is -0.119. The molecule has 6 heteroatoms. The summed E-state index contributed by atoms with van der Waals surface area (Å²) in [7, 11) is 0. The van der Waals surface area contributed by atoms with Gasteiger partial charge in [-0.2, -0.15) is 0 Å². The summed E-state index contributed by atoms with van der Waals surface area (Å²) in [5.74, 6) is -0.597. The molecule has 0 bridgehead atoms. The summed E-state index contributed by atoms with van der Waals surface area (Å²) < 4.78 is 5.09. The smallest absolute Gasteiger partial charge is 0.408 e. The maximum Gasteiger partial charge on any atom is 0.408 e. The molecule has 1 atom stereocenters. The highest BCUT2D eigenvalue weighted by Crippen LogP contribution is 2.04. The van der Waals surface area contributed by atoms with Crippen LogP contribution < -0.4 is 11.1 Å². The van der Waals surface area contributed by atoms with Gasteiger partial charge in [-0.05, 0) is 11.1 Å². The summed E-state index contributed by atoms with van der Waals surface area (Å²) >= 11 is 0. The third kappa shape index (κ3) is 6.40. The van der Waals surface area contributed by atoms with E-state index in [1.807, 2.05) is 60.7 Å². The van der Waals surface area contributed by atoms with E-state index in [0.717, 1.165) is 11.1 Å². The molecule has 0 saturated carbocycles. The zero-order valence-electron chi connectivity index (χ0n) is 12.5. The molecule has 2 rings (SSSR count). The zero-order valence-corrected chi connectivity index (χ0v) is 13.3. The minimum atomic E-state index is -0.800. The van der Waals surface area contributed by atoms with Crippen LogP contribution in [0.3, 0.4) is 0 Å². The number of ether oxygens (including phenoxy) is 1. The molecule has 0 spiro atoms. The fourth-order valence-electron chi connectivity index (χ4n) is 1.98. The van der Waals surface area contributed by atoms with Crippen LogP contribution in [0.4, 0.5) is 4.79 Å². The van der Waals surface area contributed by atoms with Gasteiger partial charge in [0.2, 0.25) is 5.91 Å². The van der Waals surface area contributed by atoms with Crippen molar-refractivity contribution in [3.05, 3.63) is 71.8 Å². The minimum Gasteiger partial charge on any atom is -0.445 e. The van der Waals surface area contributed by atoms with Crippen molar-refractivity contribution in [3.63, 3.8) is 0 Å². The second kappa shape index (κ2) is 9.48. The quantitative estimate of drug-likeness (QED) is 0.851. The van der Waals surface area contributed by atoms with Gasteiger partial charge in [0.15, 0.2) is 0 Å². The molecular weight excluding hydrogens is 316 g/mol. The fourth-order valence-corrected chi connectivity index (χ4v) is 1.98. The molecule has 2 amide bonds. The molecule has 0 heterocycles. The molecule has 23 heavy (non-hydrogen) atoms. The average Bonchev–Trinajstić information content (AvgIpc) is 2.54. The molecule has 0 fully saturated rings. The standard InChI is InChI=1S/C17H18N2O3.ClH/c18-16(20)15(11-13-7-3-1-4-8-13)19-17(21)22-12-14-9-5-2-6-10-14;/h1-10,15H,11-12H2,(H2,18,20)(H,19,21);1H/t15-;/m1./s1. The number of benzene rings is 2. The molecule has 0 aromatic heterocycles. The van der Waals surface area contributed by atoms with Gasteiger partial charge in [0.1, 0.15) is 12.6 Å². The van der Waals surface area contributed by atoms with Crippen LogP contribution in [0, 0.1) is 0 Å². The van der Waals surface area contributed by atoms with Crippen LogP contribution in [0.5, 0.6) is 0 Å². The fraction of sp³-hybridized carbons (Fsp3) is 0.176. The van der Waals surface area contributed by atoms with Gasteiger partial charge in [-0.3, -0.25) is 4.79 Å². The lowest BCUT2D eigenvalue weighted by Crippen LogP contribution is -2.46. The first-order valence-corrected chi connectivity index (χ1v) is 6.95. The van der Waals surface area contributed by atoms with Crippen molar-refractivity contribution < 1.29 is 14.3 Å². The summed E-state index contributed by atoms with van der Waals surface area (Å²) in [6.07, 6.45) is -0.333. The van der Waals surface area contributed by atoms with E-state index in [2.05, 4.69) is 5.32 Å². The Morgan fingerprint density at radius 2 is 1.48 bits per heavy atom. The number of carbonyl (C=O) groups excluding carboxylic acids is 2. The first-order valence-electron chi connectivity index (χ1n) is 6.95. The number of nitrogens with one attached hydrogen (secondary N) is 1. The zero-order chi connectivity index (χ0) is 15.8. The summed E-state index contributed by atoms with van der Waals surface area (Å²) in [5.41, 5.74) is 7.11. The van der Waals surface area contributed by atoms with Crippen molar-refractivity contribution in [1.82, 2.24) is 5.32 Å². The van der Waals surface area contributed by atoms with Gasteiger partial charge in [0.05, 0.1) is 0 Å². The summed E-state index contributed by atoms with van der Waals surface area (Å²) in [5, 5.41) is 2.50. The number of halogens is 1. The highest BCUT2D eigenvalue weighted by Gasteiger charge is 2.19. The summed E-state index contributed by atoms with van der Waals surface area (Å²) in [6.45, 7) is 0.142. The van der Waals surface area contributed by atoms with Crippen LogP contribution >= 0.6 is 12.4 Å². The maximum atomic E-state index is 11.8. The number of rotatable bonds is 6. The minimum absolute atomic E-state index is 0. The number of hydrogen-bond donors (Lipinski definition) is 2. The Kier molecular flexibility index (Phi) is 7.63. The number of nitrogens with two attached hydrogens (primary N) is 1. The molecule has 0 aliphatic rings. The van der Waals surface area contributed by atoms with Crippen molar-refractivity contribution in [2.24, 2.45) is 5.73 Å². The van der Waals surface area contributed by atoms with E-state index in [4.69, 9.17) is 10.5 Å². The normalized spacial score (nSPS) is 11.0. The molecule has 0 aliphatic carbocycles. The first kappa shape index (κ1) is 18.5. The van der Waals surface area contributed by atoms with Gasteiger partial charge in [-0.25, -0.2) is 4.79 Å². The maximum absolute atomic E-state index is 11.8. The van der Waals surface area contributed by atoms with Crippen LogP contribution in [0.25, 0.3) is 0 Å². The number of amides is 2. The Hall–Kier alpha value is -2.53. The van der Waals surface area contributed by atoms with Crippen molar-refractivity contribution >= 4 is 24.4 Å². The van der Waals surface area contributed by atoms with Crippen molar-refractivity contribution in [2.75, 3.05) is 0 Å². The van der Waals surface area contributed by atoms with Crippen LogP contribution in [-0.2, 0) is 22.6 Å². The predicted molar refractivity (Wildman–Crippen MR) is 90.1 cm³/mol.